The molecule has 6 nitrogen and oxygen atoms in total. The van der Waals surface area contributed by atoms with Crippen molar-refractivity contribution in [1.29, 1.82) is 0 Å². The summed E-state index contributed by atoms with van der Waals surface area (Å²) in [5, 5.41) is 5.77. The molecule has 6 rings (SSSR count). The number of fused-ring (bicyclic) bond motifs is 2. The largest absolute Gasteiger partial charge is 0.359 e. The Morgan fingerprint density at radius 1 is 1.03 bits per heavy atom. The molecule has 0 radical (unpaired) electrons. The molecule has 39 heavy (non-hydrogen) atoms. The number of halogens is 2. The summed E-state index contributed by atoms with van der Waals surface area (Å²) < 4.78 is 31.8. The van der Waals surface area contributed by atoms with Gasteiger partial charge in [0, 0.05) is 54.6 Å². The number of nitrogens with one attached hydrogen (secondary N) is 1. The highest BCUT2D eigenvalue weighted by atomic mass is 19.2. The maximum absolute atomic E-state index is 15.0. The SMILES string of the molecule is CCc1cccc(CC)c1-n1nc2c(c1-c1cc(F)c(F)c3[nH]ccc13)CN(c1ncc(C(C)C)cn1)CC2. The molecule has 0 amide bonds. The van der Waals surface area contributed by atoms with Crippen molar-refractivity contribution in [3.05, 3.63) is 88.5 Å². The van der Waals surface area contributed by atoms with E-state index in [1.807, 2.05) is 17.1 Å². The summed E-state index contributed by atoms with van der Waals surface area (Å²) in [6.07, 6.45) is 7.77. The average Bonchev–Trinajstić information content (AvgIpc) is 3.60. The molecule has 2 aromatic carbocycles. The van der Waals surface area contributed by atoms with Gasteiger partial charge in [-0.05, 0) is 47.6 Å². The van der Waals surface area contributed by atoms with Crippen LogP contribution in [0.5, 0.6) is 0 Å². The number of hydrogen-bond acceptors (Lipinski definition) is 4. The summed E-state index contributed by atoms with van der Waals surface area (Å²) in [6.45, 7) is 9.74. The number of hydrogen-bond donors (Lipinski definition) is 1. The standard InChI is InChI=1S/C31H32F2N6/c1-5-19-8-7-9-20(6-2)29(19)39-30(23-14-25(32)27(33)28-22(23)10-12-34-28)24-17-38(13-11-26(24)37-39)31-35-15-21(16-36-31)18(3)4/h7-10,12,14-16,18,34H,5-6,11,13,17H2,1-4H3. The van der Waals surface area contributed by atoms with E-state index in [4.69, 9.17) is 5.10 Å². The van der Waals surface area contributed by atoms with Crippen LogP contribution in [0.25, 0.3) is 27.8 Å². The lowest BCUT2D eigenvalue weighted by Crippen LogP contribution is -2.31. The smallest absolute Gasteiger partial charge is 0.225 e. The fourth-order valence-electron chi connectivity index (χ4n) is 5.62. The molecule has 0 spiro atoms. The van der Waals surface area contributed by atoms with Crippen LogP contribution in [-0.2, 0) is 25.8 Å². The van der Waals surface area contributed by atoms with Crippen LogP contribution in [0, 0.1) is 11.6 Å². The van der Waals surface area contributed by atoms with E-state index in [-0.39, 0.29) is 5.52 Å². The molecule has 200 valence electrons. The molecular weight excluding hydrogens is 494 g/mol. The zero-order chi connectivity index (χ0) is 27.3. The van der Waals surface area contributed by atoms with Crippen molar-refractivity contribution in [2.45, 2.75) is 59.4 Å². The molecule has 4 heterocycles. The second kappa shape index (κ2) is 9.91. The lowest BCUT2D eigenvalue weighted by molar-refractivity contribution is 0.516. The second-order valence-corrected chi connectivity index (χ2v) is 10.4. The zero-order valence-electron chi connectivity index (χ0n) is 22.7. The maximum Gasteiger partial charge on any atom is 0.225 e. The first-order valence-electron chi connectivity index (χ1n) is 13.6. The van der Waals surface area contributed by atoms with Gasteiger partial charge in [0.05, 0.1) is 22.6 Å². The van der Waals surface area contributed by atoms with E-state index >= 15 is 4.39 Å². The predicted molar refractivity (Wildman–Crippen MR) is 150 cm³/mol. The molecule has 1 aliphatic heterocycles. The fraction of sp³-hybridized carbons (Fsp3) is 0.323. The van der Waals surface area contributed by atoms with E-state index in [0.29, 0.717) is 35.8 Å². The van der Waals surface area contributed by atoms with Gasteiger partial charge >= 0.3 is 0 Å². The summed E-state index contributed by atoms with van der Waals surface area (Å²) in [5.74, 6) is -0.757. The van der Waals surface area contributed by atoms with Gasteiger partial charge < -0.3 is 9.88 Å². The Kier molecular flexibility index (Phi) is 6.41. The van der Waals surface area contributed by atoms with Crippen LogP contribution < -0.4 is 4.90 Å². The number of anilines is 1. The van der Waals surface area contributed by atoms with E-state index in [2.05, 4.69) is 65.7 Å². The van der Waals surface area contributed by atoms with Crippen molar-refractivity contribution >= 4 is 16.9 Å². The van der Waals surface area contributed by atoms with Crippen LogP contribution >= 0.6 is 0 Å². The van der Waals surface area contributed by atoms with Gasteiger partial charge in [0.15, 0.2) is 11.6 Å². The molecule has 0 atom stereocenters. The van der Waals surface area contributed by atoms with Gasteiger partial charge in [-0.3, -0.25) is 0 Å². The van der Waals surface area contributed by atoms with Crippen LogP contribution in [0.3, 0.4) is 0 Å². The van der Waals surface area contributed by atoms with E-state index in [1.54, 1.807) is 12.3 Å². The quantitative estimate of drug-likeness (QED) is 0.261. The topological polar surface area (TPSA) is 62.6 Å². The van der Waals surface area contributed by atoms with Crippen LogP contribution in [0.2, 0.25) is 0 Å². The van der Waals surface area contributed by atoms with Gasteiger partial charge in [0.25, 0.3) is 0 Å². The molecule has 0 bridgehead atoms. The summed E-state index contributed by atoms with van der Waals surface area (Å²) in [5.41, 5.74) is 7.93. The third-order valence-corrected chi connectivity index (χ3v) is 7.81. The second-order valence-electron chi connectivity index (χ2n) is 10.4. The first-order valence-corrected chi connectivity index (χ1v) is 13.6. The number of rotatable bonds is 6. The lowest BCUT2D eigenvalue weighted by atomic mass is 9.97. The third-order valence-electron chi connectivity index (χ3n) is 7.81. The highest BCUT2D eigenvalue weighted by Crippen LogP contribution is 2.39. The third kappa shape index (κ3) is 4.18. The molecular formula is C31H32F2N6. The van der Waals surface area contributed by atoms with Crippen LogP contribution in [0.1, 0.15) is 61.6 Å². The molecule has 8 heteroatoms. The van der Waals surface area contributed by atoms with Gasteiger partial charge in [-0.25, -0.2) is 23.4 Å². The highest BCUT2D eigenvalue weighted by molar-refractivity contribution is 5.96. The molecule has 3 aromatic heterocycles. The van der Waals surface area contributed by atoms with E-state index in [1.165, 1.54) is 6.07 Å². The fourth-order valence-corrected chi connectivity index (χ4v) is 5.62. The van der Waals surface area contributed by atoms with Gasteiger partial charge in [0.2, 0.25) is 5.95 Å². The molecule has 5 aromatic rings. The number of aromatic nitrogens is 5. The Morgan fingerprint density at radius 2 is 1.74 bits per heavy atom. The van der Waals surface area contributed by atoms with Gasteiger partial charge in [0.1, 0.15) is 0 Å². The van der Waals surface area contributed by atoms with E-state index in [9.17, 15) is 4.39 Å². The molecule has 0 aliphatic carbocycles. The average molecular weight is 527 g/mol. The van der Waals surface area contributed by atoms with Gasteiger partial charge in [-0.2, -0.15) is 5.10 Å². The summed E-state index contributed by atoms with van der Waals surface area (Å²) >= 11 is 0. The molecule has 1 aliphatic rings. The maximum atomic E-state index is 15.0. The summed E-state index contributed by atoms with van der Waals surface area (Å²) in [4.78, 5) is 14.3. The number of H-pyrrole nitrogens is 1. The summed E-state index contributed by atoms with van der Waals surface area (Å²) in [7, 11) is 0. The minimum atomic E-state index is -0.888. The van der Waals surface area contributed by atoms with Gasteiger partial charge in [-0.1, -0.05) is 45.9 Å². The Hall–Kier alpha value is -4.07. The molecule has 0 saturated carbocycles. The number of benzene rings is 2. The monoisotopic (exact) mass is 526 g/mol. The Labute approximate surface area is 226 Å². The Morgan fingerprint density at radius 3 is 2.41 bits per heavy atom. The molecule has 0 unspecified atom stereocenters. The minimum Gasteiger partial charge on any atom is -0.359 e. The number of para-hydroxylation sites is 1. The Balaban J connectivity index is 1.59. The number of aryl methyl sites for hydroxylation is 2. The van der Waals surface area contributed by atoms with Crippen LogP contribution in [0.4, 0.5) is 14.7 Å². The van der Waals surface area contributed by atoms with Crippen molar-refractivity contribution in [3.63, 3.8) is 0 Å². The van der Waals surface area contributed by atoms with Crippen LogP contribution in [-0.4, -0.2) is 31.3 Å². The van der Waals surface area contributed by atoms with Gasteiger partial charge in [-0.15, -0.1) is 0 Å². The van der Waals surface area contributed by atoms with Crippen molar-refractivity contribution in [2.75, 3.05) is 11.4 Å². The molecule has 0 saturated heterocycles. The summed E-state index contributed by atoms with van der Waals surface area (Å²) in [6, 6.07) is 9.43. The van der Waals surface area contributed by atoms with Crippen molar-refractivity contribution < 1.29 is 8.78 Å². The normalized spacial score (nSPS) is 13.5. The zero-order valence-corrected chi connectivity index (χ0v) is 22.7. The first kappa shape index (κ1) is 25.2. The van der Waals surface area contributed by atoms with E-state index < -0.39 is 11.6 Å². The minimum absolute atomic E-state index is 0.159. The Bertz CT molecular complexity index is 1640. The van der Waals surface area contributed by atoms with E-state index in [0.717, 1.165) is 58.7 Å². The highest BCUT2D eigenvalue weighted by Gasteiger charge is 2.30. The first-order chi connectivity index (χ1) is 18.9. The lowest BCUT2D eigenvalue weighted by Gasteiger charge is -2.27. The van der Waals surface area contributed by atoms with Crippen molar-refractivity contribution in [3.8, 4) is 16.9 Å². The van der Waals surface area contributed by atoms with Crippen molar-refractivity contribution in [1.82, 2.24) is 24.7 Å². The number of nitrogens with zero attached hydrogens (tertiary/aromatic N) is 5. The molecule has 1 N–H and O–H groups in total. The number of aromatic amines is 1. The predicted octanol–water partition coefficient (Wildman–Crippen LogP) is 6.90. The van der Waals surface area contributed by atoms with Crippen LogP contribution in [0.15, 0.2) is 48.9 Å². The van der Waals surface area contributed by atoms with Crippen molar-refractivity contribution in [2.24, 2.45) is 0 Å². The molecule has 0 fully saturated rings.